The fourth-order valence-corrected chi connectivity index (χ4v) is 5.57. The number of hydrogen-bond donors (Lipinski definition) is 5. The number of carbonyl (C=O) groups excluding carboxylic acids is 4. The number of carboxylic acid groups (broad SMARTS) is 1. The predicted molar refractivity (Wildman–Crippen MR) is 188 cm³/mol. The van der Waals surface area contributed by atoms with Gasteiger partial charge in [-0.15, -0.1) is 0 Å². The Bertz CT molecular complexity index is 1630. The van der Waals surface area contributed by atoms with Gasteiger partial charge in [0.05, 0.1) is 43.1 Å². The number of carbonyl (C=O) groups is 5. The van der Waals surface area contributed by atoms with Crippen LogP contribution in [0.4, 0.5) is 5.69 Å². The third-order valence-electron chi connectivity index (χ3n) is 8.44. The van der Waals surface area contributed by atoms with Crippen molar-refractivity contribution in [2.75, 3.05) is 51.9 Å². The van der Waals surface area contributed by atoms with Gasteiger partial charge in [0.1, 0.15) is 11.9 Å². The molecule has 4 rings (SSSR count). The summed E-state index contributed by atoms with van der Waals surface area (Å²) < 4.78 is 10.6. The van der Waals surface area contributed by atoms with Crippen molar-refractivity contribution in [1.29, 1.82) is 0 Å². The van der Waals surface area contributed by atoms with Crippen LogP contribution in [0.25, 0.3) is 11.0 Å². The zero-order valence-electron chi connectivity index (χ0n) is 29.2. The minimum Gasteiger partial charge on any atom is -0.481 e. The average molecular weight is 709 g/mol. The number of carboxylic acids is 1. The van der Waals surface area contributed by atoms with Crippen LogP contribution in [0.3, 0.4) is 0 Å². The second kappa shape index (κ2) is 19.4. The number of nitrogens with one attached hydrogen (secondary N) is 3. The van der Waals surface area contributed by atoms with Gasteiger partial charge in [-0.3, -0.25) is 24.0 Å². The highest BCUT2D eigenvalue weighted by Gasteiger charge is 2.30. The Labute approximate surface area is 296 Å². The Morgan fingerprint density at radius 2 is 1.86 bits per heavy atom. The van der Waals surface area contributed by atoms with E-state index >= 15 is 0 Å². The molecule has 0 fully saturated rings. The van der Waals surface area contributed by atoms with Crippen molar-refractivity contribution in [2.45, 2.75) is 64.6 Å². The van der Waals surface area contributed by atoms with Crippen molar-refractivity contribution < 1.29 is 43.7 Å². The van der Waals surface area contributed by atoms with Crippen molar-refractivity contribution >= 4 is 46.4 Å². The zero-order valence-corrected chi connectivity index (χ0v) is 29.2. The molecule has 5 N–H and O–H groups in total. The van der Waals surface area contributed by atoms with Gasteiger partial charge in [0.25, 0.3) is 5.91 Å². The number of H-pyrrole nitrogens is 1. The quantitative estimate of drug-likeness (QED) is 0.0853. The topological polar surface area (TPSA) is 203 Å². The van der Waals surface area contributed by atoms with Gasteiger partial charge in [-0.2, -0.15) is 0 Å². The highest BCUT2D eigenvalue weighted by Crippen LogP contribution is 2.26. The number of hydrogen-bond acceptors (Lipinski definition) is 10. The molecule has 2 heterocycles. The molecule has 15 nitrogen and oxygen atoms in total. The van der Waals surface area contributed by atoms with Crippen LogP contribution in [-0.2, 0) is 41.7 Å². The molecule has 15 heteroatoms. The van der Waals surface area contributed by atoms with Gasteiger partial charge in [-0.1, -0.05) is 18.2 Å². The molecule has 1 aliphatic heterocycles. The van der Waals surface area contributed by atoms with Crippen LogP contribution in [-0.4, -0.2) is 112 Å². The van der Waals surface area contributed by atoms with E-state index in [-0.39, 0.29) is 44.0 Å². The first-order valence-corrected chi connectivity index (χ1v) is 17.3. The number of aliphatic hydroxyl groups is 1. The van der Waals surface area contributed by atoms with E-state index in [1.54, 1.807) is 37.1 Å². The third kappa shape index (κ3) is 11.8. The number of aliphatic carboxylic acids is 1. The maximum atomic E-state index is 14.0. The normalized spacial score (nSPS) is 14.7. The van der Waals surface area contributed by atoms with E-state index in [4.69, 9.17) is 14.6 Å². The van der Waals surface area contributed by atoms with Gasteiger partial charge >= 0.3 is 11.9 Å². The maximum absolute atomic E-state index is 14.0. The molecule has 3 amide bonds. The number of benzene rings is 2. The van der Waals surface area contributed by atoms with E-state index in [0.29, 0.717) is 75.5 Å². The van der Waals surface area contributed by atoms with Gasteiger partial charge in [0.15, 0.2) is 0 Å². The lowest BCUT2D eigenvalue weighted by Crippen LogP contribution is -2.39. The molecule has 2 atom stereocenters. The monoisotopic (exact) mass is 708 g/mol. The van der Waals surface area contributed by atoms with Gasteiger partial charge in [0.2, 0.25) is 11.8 Å². The number of ether oxygens (including phenoxy) is 2. The van der Waals surface area contributed by atoms with Crippen LogP contribution < -0.4 is 10.6 Å². The maximum Gasteiger partial charge on any atom is 0.310 e. The smallest absolute Gasteiger partial charge is 0.310 e. The highest BCUT2D eigenvalue weighted by atomic mass is 16.5. The molecule has 0 saturated heterocycles. The number of imidazole rings is 1. The molecule has 1 aromatic heterocycles. The van der Waals surface area contributed by atoms with Gasteiger partial charge in [-0.05, 0) is 56.0 Å². The first-order chi connectivity index (χ1) is 24.5. The molecule has 0 spiro atoms. The van der Waals surface area contributed by atoms with Gasteiger partial charge in [-0.25, -0.2) is 4.98 Å². The van der Waals surface area contributed by atoms with Crippen molar-refractivity contribution in [2.24, 2.45) is 5.92 Å². The second-order valence-electron chi connectivity index (χ2n) is 12.7. The number of unbranched alkanes of at least 4 members (excludes halogenated alkanes) is 1. The zero-order chi connectivity index (χ0) is 36.8. The molecular weight excluding hydrogens is 660 g/mol. The van der Waals surface area contributed by atoms with Crippen molar-refractivity contribution in [3.63, 3.8) is 0 Å². The summed E-state index contributed by atoms with van der Waals surface area (Å²) in [4.78, 5) is 73.3. The second-order valence-corrected chi connectivity index (χ2v) is 12.7. The lowest BCUT2D eigenvalue weighted by atomic mass is 10.1. The van der Waals surface area contributed by atoms with E-state index < -0.39 is 30.3 Å². The summed E-state index contributed by atoms with van der Waals surface area (Å²) in [5.41, 5.74) is 3.31. The minimum atomic E-state index is -1.11. The molecule has 3 aromatic rings. The minimum absolute atomic E-state index is 0.0951. The molecule has 0 radical (unpaired) electrons. The molecule has 0 aliphatic carbocycles. The lowest BCUT2D eigenvalue weighted by Gasteiger charge is -2.23. The summed E-state index contributed by atoms with van der Waals surface area (Å²) in [5.74, 6) is -2.17. The summed E-state index contributed by atoms with van der Waals surface area (Å²) in [6.45, 7) is 3.73. The van der Waals surface area contributed by atoms with Crippen molar-refractivity contribution in [3.05, 3.63) is 59.4 Å². The summed E-state index contributed by atoms with van der Waals surface area (Å²) in [6, 6.07) is 11.8. The fourth-order valence-electron chi connectivity index (χ4n) is 5.57. The SMILES string of the molecule is CC(CO)C(=O)OCCCOCCCNC(=O)CCCCN(Cc1nc2ccccc2[nH]1)C(=O)c1ccc2c(c1)N[C@@H](CC(=O)O)C(=O)N(C)C2. The molecule has 1 unspecified atom stereocenters. The number of likely N-dealkylation sites (N-methyl/N-ethyl adjacent to an activating group) is 1. The van der Waals surface area contributed by atoms with Crippen LogP contribution in [0, 0.1) is 5.92 Å². The van der Waals surface area contributed by atoms with Crippen LogP contribution in [0.1, 0.15) is 67.2 Å². The first kappa shape index (κ1) is 38.8. The molecule has 2 aromatic carbocycles. The van der Waals surface area contributed by atoms with Crippen LogP contribution in [0.15, 0.2) is 42.5 Å². The number of aromatic nitrogens is 2. The van der Waals surface area contributed by atoms with Gasteiger partial charge < -0.3 is 45.1 Å². The molecule has 1 aliphatic rings. The van der Waals surface area contributed by atoms with Crippen molar-refractivity contribution in [1.82, 2.24) is 25.1 Å². The Balaban J connectivity index is 1.28. The number of para-hydroxylation sites is 2. The molecule has 0 saturated carbocycles. The van der Waals surface area contributed by atoms with Crippen LogP contribution in [0.5, 0.6) is 0 Å². The molecule has 51 heavy (non-hydrogen) atoms. The molecule has 276 valence electrons. The number of aliphatic hydroxyl groups excluding tert-OH is 1. The third-order valence-corrected chi connectivity index (χ3v) is 8.44. The lowest BCUT2D eigenvalue weighted by molar-refractivity contribution is -0.149. The number of fused-ring (bicyclic) bond motifs is 2. The van der Waals surface area contributed by atoms with E-state index in [9.17, 15) is 29.1 Å². The van der Waals surface area contributed by atoms with Gasteiger partial charge in [0, 0.05) is 64.0 Å². The number of amides is 3. The summed E-state index contributed by atoms with van der Waals surface area (Å²) in [7, 11) is 1.62. The summed E-state index contributed by atoms with van der Waals surface area (Å²) in [6.07, 6.45) is 2.18. The predicted octanol–water partition coefficient (Wildman–Crippen LogP) is 2.69. The summed E-state index contributed by atoms with van der Waals surface area (Å²) in [5, 5.41) is 24.2. The Kier molecular flexibility index (Phi) is 14.7. The van der Waals surface area contributed by atoms with Crippen LogP contribution >= 0.6 is 0 Å². The summed E-state index contributed by atoms with van der Waals surface area (Å²) >= 11 is 0. The van der Waals surface area contributed by atoms with Crippen molar-refractivity contribution in [3.8, 4) is 0 Å². The number of rotatable bonds is 20. The van der Waals surface area contributed by atoms with E-state index in [1.807, 2.05) is 24.3 Å². The Morgan fingerprint density at radius 1 is 1.08 bits per heavy atom. The first-order valence-electron chi connectivity index (χ1n) is 17.3. The molecule has 0 bridgehead atoms. The average Bonchev–Trinajstić information content (AvgIpc) is 3.49. The number of aromatic amines is 1. The van der Waals surface area contributed by atoms with E-state index in [2.05, 4.69) is 20.6 Å². The molecular formula is C36H48N6O9. The fraction of sp³-hybridized carbons (Fsp3) is 0.500. The Hall–Kier alpha value is -5.02. The number of nitrogens with zero attached hydrogens (tertiary/aromatic N) is 3. The van der Waals surface area contributed by atoms with E-state index in [0.717, 1.165) is 16.6 Å². The highest BCUT2D eigenvalue weighted by molar-refractivity contribution is 5.96. The number of esters is 1. The van der Waals surface area contributed by atoms with Crippen LogP contribution in [0.2, 0.25) is 0 Å². The largest absolute Gasteiger partial charge is 0.481 e. The Morgan fingerprint density at radius 3 is 2.63 bits per heavy atom. The number of anilines is 1. The standard InChI is InChI=1S/C36H48N6O9/c1-24(23-43)36(49)51-18-8-17-50-16-7-14-37-32(44)11-5-6-15-42(22-31-39-27-9-3-4-10-28(27)40-31)34(47)25-12-13-26-21-41(2)35(48)30(20-33(45)46)38-29(26)19-25/h3-4,9-10,12-13,19,24,30,38,43H,5-8,11,14-18,20-23H2,1-2H3,(H,37,44)(H,39,40)(H,45,46)/t24?,30-/m0/s1. The van der Waals surface area contributed by atoms with E-state index in [1.165, 1.54) is 4.90 Å².